The van der Waals surface area contributed by atoms with Crippen LogP contribution in [-0.4, -0.2) is 38.6 Å². The molecule has 1 aromatic carbocycles. The van der Waals surface area contributed by atoms with E-state index in [1.165, 1.54) is 24.0 Å². The molecular weight excluding hydrogens is 371 g/mol. The van der Waals surface area contributed by atoms with Gasteiger partial charge in [0.25, 0.3) is 5.78 Å². The highest BCUT2D eigenvalue weighted by molar-refractivity contribution is 5.79. The topological polar surface area (TPSA) is 75.4 Å². The molecule has 0 spiro atoms. The normalized spacial score (nSPS) is 18.8. The molecule has 1 saturated heterocycles. The molecule has 8 heteroatoms. The summed E-state index contributed by atoms with van der Waals surface area (Å²) in [5.74, 6) is 1.36. The van der Waals surface area contributed by atoms with Crippen LogP contribution in [0.3, 0.4) is 0 Å². The average molecular weight is 394 g/mol. The number of fused-ring (bicyclic) bond motifs is 2. The summed E-state index contributed by atoms with van der Waals surface area (Å²) in [7, 11) is 0. The Bertz CT molecular complexity index is 1050. The van der Waals surface area contributed by atoms with Gasteiger partial charge in [-0.25, -0.2) is 9.37 Å². The molecule has 29 heavy (non-hydrogen) atoms. The van der Waals surface area contributed by atoms with Crippen LogP contribution in [0.1, 0.15) is 36.1 Å². The summed E-state index contributed by atoms with van der Waals surface area (Å²) in [5.41, 5.74) is 3.25. The maximum absolute atomic E-state index is 13.1. The fraction of sp³-hybridized carbons (Fsp3) is 0.429. The average Bonchev–Trinajstić information content (AvgIpc) is 3.40. The van der Waals surface area contributed by atoms with Gasteiger partial charge in [0.05, 0.1) is 11.6 Å². The molecule has 5 rings (SSSR count). The zero-order chi connectivity index (χ0) is 19.8. The number of aromatic nitrogens is 4. The minimum absolute atomic E-state index is 0.0413. The largest absolute Gasteiger partial charge is 0.355 e. The maximum atomic E-state index is 13.1. The van der Waals surface area contributed by atoms with E-state index in [1.807, 2.05) is 4.52 Å². The van der Waals surface area contributed by atoms with Gasteiger partial charge in [-0.05, 0) is 49.8 Å². The van der Waals surface area contributed by atoms with Crippen molar-refractivity contribution in [1.29, 1.82) is 0 Å². The highest BCUT2D eigenvalue weighted by atomic mass is 19.1. The van der Waals surface area contributed by atoms with Crippen LogP contribution < -0.4 is 10.2 Å². The number of carbonyl (C=O) groups is 1. The lowest BCUT2D eigenvalue weighted by molar-refractivity contribution is -0.125. The van der Waals surface area contributed by atoms with Gasteiger partial charge in [-0.3, -0.25) is 4.79 Å². The van der Waals surface area contributed by atoms with Gasteiger partial charge in [0.1, 0.15) is 18.0 Å². The lowest BCUT2D eigenvalue weighted by Crippen LogP contribution is -2.44. The first kappa shape index (κ1) is 18.0. The number of nitrogens with one attached hydrogen (secondary N) is 1. The molecule has 1 aliphatic carbocycles. The summed E-state index contributed by atoms with van der Waals surface area (Å²) in [6.07, 6.45) is 6.41. The van der Waals surface area contributed by atoms with E-state index in [0.717, 1.165) is 55.7 Å². The highest BCUT2D eigenvalue weighted by Gasteiger charge is 2.31. The third-order valence-electron chi connectivity index (χ3n) is 5.90. The SMILES string of the molecule is O=C(NCc1ccc(F)cc1)[C@@H]1CCCN(c2c3c(nc4ncnn24)CCC3)C1. The van der Waals surface area contributed by atoms with Crippen LogP contribution in [0.2, 0.25) is 0 Å². The summed E-state index contributed by atoms with van der Waals surface area (Å²) in [4.78, 5) is 24.0. The predicted octanol–water partition coefficient (Wildman–Crippen LogP) is 2.28. The number of anilines is 1. The van der Waals surface area contributed by atoms with E-state index in [2.05, 4.69) is 25.3 Å². The monoisotopic (exact) mass is 394 g/mol. The quantitative estimate of drug-likeness (QED) is 0.735. The summed E-state index contributed by atoms with van der Waals surface area (Å²) >= 11 is 0. The first-order chi connectivity index (χ1) is 14.2. The third kappa shape index (κ3) is 3.43. The van der Waals surface area contributed by atoms with Crippen LogP contribution in [0.25, 0.3) is 5.78 Å². The zero-order valence-corrected chi connectivity index (χ0v) is 16.1. The Kier molecular flexibility index (Phi) is 4.61. The second-order valence-corrected chi connectivity index (χ2v) is 7.82. The standard InChI is InChI=1S/C21H23FN6O/c22-16-8-6-14(7-9-16)11-23-19(29)15-3-2-10-27(12-15)20-17-4-1-5-18(17)26-21-24-13-25-28(20)21/h6-9,13,15H,1-5,10-12H2,(H,23,29)/t15-/m1/s1. The minimum atomic E-state index is -0.271. The van der Waals surface area contributed by atoms with Gasteiger partial charge < -0.3 is 10.2 Å². The molecule has 1 fully saturated rings. The number of rotatable bonds is 4. The van der Waals surface area contributed by atoms with Crippen molar-refractivity contribution in [2.45, 2.75) is 38.6 Å². The molecule has 2 aliphatic rings. The van der Waals surface area contributed by atoms with Gasteiger partial charge in [0.2, 0.25) is 5.91 Å². The Hall–Kier alpha value is -3.03. The van der Waals surface area contributed by atoms with Crippen LogP contribution in [0, 0.1) is 11.7 Å². The van der Waals surface area contributed by atoms with Crippen molar-refractivity contribution in [1.82, 2.24) is 24.9 Å². The summed E-state index contributed by atoms with van der Waals surface area (Å²) in [6.45, 7) is 1.96. The number of benzene rings is 1. The van der Waals surface area contributed by atoms with Crippen molar-refractivity contribution >= 4 is 17.5 Å². The number of halogens is 1. The summed E-state index contributed by atoms with van der Waals surface area (Å²) in [6, 6.07) is 6.23. The van der Waals surface area contributed by atoms with Crippen molar-refractivity contribution in [3.05, 3.63) is 53.2 Å². The molecule has 150 valence electrons. The van der Waals surface area contributed by atoms with Crippen LogP contribution in [0.5, 0.6) is 0 Å². The number of amides is 1. The number of nitrogens with zero attached hydrogens (tertiary/aromatic N) is 5. The van der Waals surface area contributed by atoms with Crippen LogP contribution in [0.4, 0.5) is 10.2 Å². The lowest BCUT2D eigenvalue weighted by Gasteiger charge is -2.34. The first-order valence-electron chi connectivity index (χ1n) is 10.2. The third-order valence-corrected chi connectivity index (χ3v) is 5.90. The Morgan fingerprint density at radius 3 is 2.93 bits per heavy atom. The molecule has 0 saturated carbocycles. The van der Waals surface area contributed by atoms with Crippen molar-refractivity contribution in [2.75, 3.05) is 18.0 Å². The summed E-state index contributed by atoms with van der Waals surface area (Å²) < 4.78 is 14.9. The molecule has 2 aromatic heterocycles. The van der Waals surface area contributed by atoms with Gasteiger partial charge >= 0.3 is 0 Å². The Morgan fingerprint density at radius 2 is 2.07 bits per heavy atom. The number of carbonyl (C=O) groups excluding carboxylic acids is 1. The molecule has 1 atom stereocenters. The molecular formula is C21H23FN6O. The van der Waals surface area contributed by atoms with Crippen molar-refractivity contribution < 1.29 is 9.18 Å². The van der Waals surface area contributed by atoms with Crippen LogP contribution >= 0.6 is 0 Å². The van der Waals surface area contributed by atoms with E-state index in [-0.39, 0.29) is 17.6 Å². The van der Waals surface area contributed by atoms with E-state index in [1.54, 1.807) is 12.1 Å². The molecule has 1 aliphatic heterocycles. The van der Waals surface area contributed by atoms with E-state index in [0.29, 0.717) is 18.9 Å². The smallest absolute Gasteiger partial charge is 0.254 e. The van der Waals surface area contributed by atoms with Crippen LogP contribution in [0.15, 0.2) is 30.6 Å². The second kappa shape index (κ2) is 7.42. The number of hydrogen-bond acceptors (Lipinski definition) is 5. The van der Waals surface area contributed by atoms with E-state index in [9.17, 15) is 9.18 Å². The number of piperidine rings is 1. The number of aryl methyl sites for hydroxylation is 1. The van der Waals surface area contributed by atoms with Crippen LogP contribution in [-0.2, 0) is 24.2 Å². The van der Waals surface area contributed by atoms with E-state index >= 15 is 0 Å². The second-order valence-electron chi connectivity index (χ2n) is 7.82. The Balaban J connectivity index is 1.33. The van der Waals surface area contributed by atoms with Gasteiger partial charge in [0, 0.05) is 25.2 Å². The number of hydrogen-bond donors (Lipinski definition) is 1. The fourth-order valence-corrected chi connectivity index (χ4v) is 4.45. The molecule has 0 unspecified atom stereocenters. The minimum Gasteiger partial charge on any atom is -0.355 e. The highest BCUT2D eigenvalue weighted by Crippen LogP contribution is 2.33. The molecule has 3 aromatic rings. The van der Waals surface area contributed by atoms with E-state index in [4.69, 9.17) is 0 Å². The molecule has 7 nitrogen and oxygen atoms in total. The molecule has 0 radical (unpaired) electrons. The zero-order valence-electron chi connectivity index (χ0n) is 16.1. The molecule has 0 bridgehead atoms. The Morgan fingerprint density at radius 1 is 1.21 bits per heavy atom. The van der Waals surface area contributed by atoms with Gasteiger partial charge in [-0.2, -0.15) is 14.6 Å². The van der Waals surface area contributed by atoms with Crippen molar-refractivity contribution in [2.24, 2.45) is 5.92 Å². The predicted molar refractivity (Wildman–Crippen MR) is 106 cm³/mol. The van der Waals surface area contributed by atoms with Gasteiger partial charge in [0.15, 0.2) is 0 Å². The maximum Gasteiger partial charge on any atom is 0.254 e. The van der Waals surface area contributed by atoms with Gasteiger partial charge in [-0.1, -0.05) is 12.1 Å². The lowest BCUT2D eigenvalue weighted by atomic mass is 9.96. The molecule has 1 amide bonds. The molecule has 3 heterocycles. The van der Waals surface area contributed by atoms with Crippen molar-refractivity contribution in [3.8, 4) is 0 Å². The summed E-state index contributed by atoms with van der Waals surface area (Å²) in [5, 5.41) is 7.40. The fourth-order valence-electron chi connectivity index (χ4n) is 4.45. The first-order valence-corrected chi connectivity index (χ1v) is 10.2. The van der Waals surface area contributed by atoms with Crippen molar-refractivity contribution in [3.63, 3.8) is 0 Å². The van der Waals surface area contributed by atoms with E-state index < -0.39 is 0 Å². The molecule has 1 N–H and O–H groups in total. The van der Waals surface area contributed by atoms with Gasteiger partial charge in [-0.15, -0.1) is 0 Å². The Labute approximate surface area is 168 Å².